The van der Waals surface area contributed by atoms with Gasteiger partial charge in [0.05, 0.1) is 36.3 Å². The van der Waals surface area contributed by atoms with Crippen LogP contribution in [0.25, 0.3) is 11.0 Å². The third-order valence-corrected chi connectivity index (χ3v) is 6.61. The Bertz CT molecular complexity index is 1540. The largest absolute Gasteiger partial charge is 0.497 e. The zero-order valence-electron chi connectivity index (χ0n) is 20.3. The molecule has 0 saturated carbocycles. The van der Waals surface area contributed by atoms with Crippen LogP contribution in [0.15, 0.2) is 75.9 Å². The molecule has 8 heteroatoms. The number of hydrogen-bond donors (Lipinski definition) is 0. The lowest BCUT2D eigenvalue weighted by Crippen LogP contribution is -2.29. The molecule has 7 nitrogen and oxygen atoms in total. The lowest BCUT2D eigenvalue weighted by Gasteiger charge is -2.25. The van der Waals surface area contributed by atoms with Crippen molar-refractivity contribution in [3.63, 3.8) is 0 Å². The van der Waals surface area contributed by atoms with Crippen molar-refractivity contribution in [1.29, 1.82) is 0 Å². The predicted octanol–water partition coefficient (Wildman–Crippen LogP) is 6.16. The number of hydrogen-bond acceptors (Lipinski definition) is 6. The summed E-state index contributed by atoms with van der Waals surface area (Å²) in [6, 6.07) is 17.7. The Morgan fingerprint density at radius 2 is 1.76 bits per heavy atom. The third kappa shape index (κ3) is 4.47. The van der Waals surface area contributed by atoms with Crippen LogP contribution in [0.5, 0.6) is 5.75 Å². The van der Waals surface area contributed by atoms with Gasteiger partial charge in [0.1, 0.15) is 11.3 Å². The van der Waals surface area contributed by atoms with Gasteiger partial charge in [-0.1, -0.05) is 37.1 Å². The highest BCUT2D eigenvalue weighted by Crippen LogP contribution is 2.41. The van der Waals surface area contributed by atoms with E-state index in [0.29, 0.717) is 39.6 Å². The zero-order valence-corrected chi connectivity index (χ0v) is 21.1. The number of carbonyl (C=O) groups excluding carboxylic acids is 2. The topological polar surface area (TPSA) is 86.0 Å². The molecule has 1 atom stereocenters. The summed E-state index contributed by atoms with van der Waals surface area (Å²) in [7, 11) is 1.56. The van der Waals surface area contributed by atoms with Crippen LogP contribution >= 0.6 is 11.6 Å². The van der Waals surface area contributed by atoms with Gasteiger partial charge in [-0.05, 0) is 66.6 Å². The number of rotatable bonds is 7. The van der Waals surface area contributed by atoms with E-state index in [1.807, 2.05) is 6.92 Å². The van der Waals surface area contributed by atoms with E-state index in [-0.39, 0.29) is 22.3 Å². The maximum atomic E-state index is 13.7. The number of esters is 1. The van der Waals surface area contributed by atoms with Crippen LogP contribution < -0.4 is 15.1 Å². The summed E-state index contributed by atoms with van der Waals surface area (Å²) < 4.78 is 16.5. The minimum absolute atomic E-state index is 0.0244. The minimum Gasteiger partial charge on any atom is -0.497 e. The van der Waals surface area contributed by atoms with Crippen molar-refractivity contribution in [3.8, 4) is 5.75 Å². The first-order valence-corrected chi connectivity index (χ1v) is 12.3. The number of halogens is 1. The Labute approximate surface area is 218 Å². The van der Waals surface area contributed by atoms with Crippen LogP contribution in [-0.4, -0.2) is 25.6 Å². The highest BCUT2D eigenvalue weighted by Gasteiger charge is 2.43. The number of ether oxygens (including phenoxy) is 2. The lowest BCUT2D eigenvalue weighted by atomic mass is 9.98. The van der Waals surface area contributed by atoms with Gasteiger partial charge in [0.2, 0.25) is 5.76 Å². The molecule has 3 aromatic carbocycles. The van der Waals surface area contributed by atoms with E-state index in [1.165, 1.54) is 4.90 Å². The fourth-order valence-electron chi connectivity index (χ4n) is 4.46. The number of amides is 1. The molecule has 1 aromatic heterocycles. The van der Waals surface area contributed by atoms with Gasteiger partial charge in [-0.2, -0.15) is 0 Å². The summed E-state index contributed by atoms with van der Waals surface area (Å²) in [6.45, 7) is 2.37. The van der Waals surface area contributed by atoms with E-state index < -0.39 is 17.9 Å². The molecule has 2 heterocycles. The second-order valence-corrected chi connectivity index (χ2v) is 9.14. The summed E-state index contributed by atoms with van der Waals surface area (Å²) in [5.74, 6) is -0.266. The maximum absolute atomic E-state index is 13.7. The molecule has 0 fully saturated rings. The van der Waals surface area contributed by atoms with Gasteiger partial charge >= 0.3 is 5.97 Å². The fraction of sp³-hybridized carbons (Fsp3) is 0.207. The SMILES string of the molecule is CCCCOC(=O)c1ccc(N2C(=O)c3oc4ccc(Cl)cc4c(=O)c3C2c2ccc(OC)cc2)cc1. The average molecular weight is 518 g/mol. The molecule has 0 aliphatic carbocycles. The summed E-state index contributed by atoms with van der Waals surface area (Å²) in [5.41, 5.74) is 1.76. The molecule has 1 aliphatic heterocycles. The molecule has 1 amide bonds. The number of anilines is 1. The van der Waals surface area contributed by atoms with E-state index in [4.69, 9.17) is 25.5 Å². The number of unbranched alkanes of at least 4 members (excludes halogenated alkanes) is 1. The van der Waals surface area contributed by atoms with Crippen molar-refractivity contribution in [1.82, 2.24) is 0 Å². The van der Waals surface area contributed by atoms with Gasteiger partial charge in [0, 0.05) is 10.7 Å². The third-order valence-electron chi connectivity index (χ3n) is 6.38. The number of nitrogens with zero attached hydrogens (tertiary/aromatic N) is 1. The monoisotopic (exact) mass is 517 g/mol. The van der Waals surface area contributed by atoms with Gasteiger partial charge in [0.25, 0.3) is 5.91 Å². The summed E-state index contributed by atoms with van der Waals surface area (Å²) >= 11 is 6.15. The molecule has 1 unspecified atom stereocenters. The maximum Gasteiger partial charge on any atom is 0.338 e. The average Bonchev–Trinajstić information content (AvgIpc) is 3.21. The number of fused-ring (bicyclic) bond motifs is 2. The fourth-order valence-corrected chi connectivity index (χ4v) is 4.64. The number of benzene rings is 3. The molecule has 0 spiro atoms. The van der Waals surface area contributed by atoms with Crippen LogP contribution in [0.4, 0.5) is 5.69 Å². The van der Waals surface area contributed by atoms with Crippen LogP contribution in [0, 0.1) is 0 Å². The van der Waals surface area contributed by atoms with Crippen LogP contribution in [0.1, 0.15) is 57.8 Å². The zero-order chi connectivity index (χ0) is 26.1. The second kappa shape index (κ2) is 10.1. The van der Waals surface area contributed by atoms with Crippen molar-refractivity contribution < 1.29 is 23.5 Å². The number of methoxy groups -OCH3 is 1. The van der Waals surface area contributed by atoms with E-state index in [9.17, 15) is 14.4 Å². The predicted molar refractivity (Wildman–Crippen MR) is 141 cm³/mol. The smallest absolute Gasteiger partial charge is 0.338 e. The Kier molecular flexibility index (Phi) is 6.72. The second-order valence-electron chi connectivity index (χ2n) is 8.70. The summed E-state index contributed by atoms with van der Waals surface area (Å²) in [5, 5.41) is 0.688. The molecule has 188 valence electrons. The quantitative estimate of drug-likeness (QED) is 0.215. The highest BCUT2D eigenvalue weighted by molar-refractivity contribution is 6.31. The molecule has 0 bridgehead atoms. The molecule has 1 aliphatic rings. The minimum atomic E-state index is -0.754. The van der Waals surface area contributed by atoms with E-state index in [2.05, 4.69) is 0 Å². The van der Waals surface area contributed by atoms with Gasteiger partial charge in [-0.25, -0.2) is 4.79 Å². The van der Waals surface area contributed by atoms with Crippen molar-refractivity contribution in [2.45, 2.75) is 25.8 Å². The van der Waals surface area contributed by atoms with Gasteiger partial charge < -0.3 is 13.9 Å². The van der Waals surface area contributed by atoms with E-state index in [1.54, 1.807) is 73.8 Å². The first kappa shape index (κ1) is 24.6. The highest BCUT2D eigenvalue weighted by atomic mass is 35.5. The standard InChI is InChI=1S/C29H24ClNO6/c1-3-4-15-36-29(34)18-5-10-20(11-6-18)31-25(17-7-12-21(35-2)13-8-17)24-26(32)22-16-19(30)9-14-23(22)37-27(24)28(31)33/h5-14,16,25H,3-4,15H2,1-2H3. The lowest BCUT2D eigenvalue weighted by molar-refractivity contribution is 0.0499. The molecule has 0 radical (unpaired) electrons. The van der Waals surface area contributed by atoms with Crippen LogP contribution in [0.2, 0.25) is 5.02 Å². The molecule has 5 rings (SSSR count). The molecule has 37 heavy (non-hydrogen) atoms. The molecular weight excluding hydrogens is 494 g/mol. The Balaban J connectivity index is 1.62. The molecule has 0 N–H and O–H groups in total. The summed E-state index contributed by atoms with van der Waals surface area (Å²) in [6.07, 6.45) is 1.71. The first-order chi connectivity index (χ1) is 17.9. The molecular formula is C29H24ClNO6. The van der Waals surface area contributed by atoms with Gasteiger partial charge in [-0.3, -0.25) is 14.5 Å². The Morgan fingerprint density at radius 1 is 1.03 bits per heavy atom. The van der Waals surface area contributed by atoms with Gasteiger partial charge in [0.15, 0.2) is 5.43 Å². The molecule has 0 saturated heterocycles. The first-order valence-electron chi connectivity index (χ1n) is 11.9. The van der Waals surface area contributed by atoms with Crippen LogP contribution in [0.3, 0.4) is 0 Å². The number of carbonyl (C=O) groups is 2. The van der Waals surface area contributed by atoms with E-state index in [0.717, 1.165) is 12.8 Å². The Morgan fingerprint density at radius 3 is 2.43 bits per heavy atom. The van der Waals surface area contributed by atoms with Gasteiger partial charge in [-0.15, -0.1) is 0 Å². The summed E-state index contributed by atoms with van der Waals surface area (Å²) in [4.78, 5) is 41.3. The van der Waals surface area contributed by atoms with Crippen molar-refractivity contribution >= 4 is 40.1 Å². The van der Waals surface area contributed by atoms with Crippen LogP contribution in [-0.2, 0) is 4.74 Å². The Hall–Kier alpha value is -4.10. The van der Waals surface area contributed by atoms with Crippen molar-refractivity contribution in [2.75, 3.05) is 18.6 Å². The molecule has 4 aromatic rings. The normalized spacial score (nSPS) is 14.6. The van der Waals surface area contributed by atoms with Crippen molar-refractivity contribution in [2.24, 2.45) is 0 Å². The van der Waals surface area contributed by atoms with E-state index >= 15 is 0 Å². The van der Waals surface area contributed by atoms with Crippen molar-refractivity contribution in [3.05, 3.63) is 104 Å².